The molecule has 0 unspecified atom stereocenters. The average Bonchev–Trinajstić information content (AvgIpc) is 2.96. The van der Waals surface area contributed by atoms with E-state index in [4.69, 9.17) is 0 Å². The van der Waals surface area contributed by atoms with Crippen LogP contribution in [0.1, 0.15) is 44.5 Å². The van der Waals surface area contributed by atoms with Crippen LogP contribution in [0.4, 0.5) is 65.9 Å². The number of rotatable bonds is 4. The molecule has 284 valence electrons. The van der Waals surface area contributed by atoms with E-state index < -0.39 is 73.7 Å². The lowest BCUT2D eigenvalue weighted by molar-refractivity contribution is -0.191. The highest BCUT2D eigenvalue weighted by Crippen LogP contribution is 2.57. The maximum Gasteiger partial charge on any atom is 0.418 e. The first kappa shape index (κ1) is 42.5. The van der Waals surface area contributed by atoms with Gasteiger partial charge in [-0.25, -0.2) is 8.42 Å². The van der Waals surface area contributed by atoms with Crippen LogP contribution in [-0.4, -0.2) is 13.0 Å². The molecule has 0 bridgehead atoms. The lowest BCUT2D eigenvalue weighted by Crippen LogP contribution is -2.34. The van der Waals surface area contributed by atoms with Crippen LogP contribution in [0.25, 0.3) is 0 Å². The fourth-order valence-electron chi connectivity index (χ4n) is 5.34. The monoisotopic (exact) mass is 802 g/mol. The number of hydrogen-bond acceptors (Lipinski definition) is 3. The lowest BCUT2D eigenvalue weighted by atomic mass is 9.89. The largest absolute Gasteiger partial charge is 0.744 e. The Morgan fingerprint density at radius 1 is 0.481 bits per heavy atom. The molecule has 0 spiro atoms. The van der Waals surface area contributed by atoms with E-state index in [1.165, 1.54) is 31.4 Å². The summed E-state index contributed by atoms with van der Waals surface area (Å²) in [6.07, 6.45) is -35.6. The lowest BCUT2D eigenvalue weighted by Gasteiger charge is -2.31. The van der Waals surface area contributed by atoms with Crippen molar-refractivity contribution in [2.45, 2.75) is 71.2 Å². The minimum atomic E-state index is -7.52. The van der Waals surface area contributed by atoms with Gasteiger partial charge in [-0.15, -0.1) is 0 Å². The predicted molar refractivity (Wildman–Crippen MR) is 155 cm³/mol. The Kier molecular flexibility index (Phi) is 11.8. The minimum Gasteiger partial charge on any atom is -0.744 e. The predicted octanol–water partition coefficient (Wildman–Crippen LogP) is 11.4. The summed E-state index contributed by atoms with van der Waals surface area (Å²) in [5.41, 5.74) is -18.1. The highest BCUT2D eigenvalue weighted by atomic mass is 32.2. The Morgan fingerprint density at radius 2 is 0.750 bits per heavy atom. The molecular weight excluding hydrogens is 781 g/mol. The van der Waals surface area contributed by atoms with Gasteiger partial charge in [-0.3, -0.25) is 0 Å². The molecule has 0 aliphatic carbocycles. The van der Waals surface area contributed by atoms with Gasteiger partial charge in [0.25, 0.3) is 0 Å². The third-order valence-corrected chi connectivity index (χ3v) is 10.3. The maximum atomic E-state index is 13.0. The van der Waals surface area contributed by atoms with Crippen molar-refractivity contribution in [3.8, 4) is 0 Å². The van der Waals surface area contributed by atoms with Crippen molar-refractivity contribution in [1.82, 2.24) is 0 Å². The molecule has 0 fully saturated rings. The molecule has 0 atom stereocenters. The van der Waals surface area contributed by atoms with Gasteiger partial charge in [0, 0.05) is 11.1 Å². The summed E-state index contributed by atoms with van der Waals surface area (Å²) in [7, 11) is -7.56. The van der Waals surface area contributed by atoms with E-state index in [0.29, 0.717) is 0 Å². The highest BCUT2D eigenvalue weighted by molar-refractivity contribution is 7.97. The SMILES string of the molecule is Cc1cc(C)c([S+](c2ccccc2)c2ccccc2)c(C)c1.O=S(=O)([O-])c1c(C(F)(F)F)c(C(F)(F)F)c(C(F)(F)F)c(C(F)(F)F)c1C(F)(F)F. The first-order chi connectivity index (χ1) is 23.4. The van der Waals surface area contributed by atoms with E-state index in [1.807, 2.05) is 0 Å². The molecule has 0 aromatic heterocycles. The molecule has 3 nitrogen and oxygen atoms in total. The molecule has 0 aliphatic rings. The van der Waals surface area contributed by atoms with Gasteiger partial charge in [0.2, 0.25) is 0 Å². The fraction of sp³-hybridized carbons (Fsp3) is 0.250. The number of aryl methyl sites for hydroxylation is 3. The van der Waals surface area contributed by atoms with E-state index >= 15 is 0 Å². The second kappa shape index (κ2) is 14.5. The van der Waals surface area contributed by atoms with Crippen LogP contribution in [-0.2, 0) is 51.9 Å². The van der Waals surface area contributed by atoms with Crippen LogP contribution < -0.4 is 0 Å². The molecule has 0 N–H and O–H groups in total. The molecule has 4 rings (SSSR count). The van der Waals surface area contributed by atoms with Crippen molar-refractivity contribution in [1.29, 1.82) is 0 Å². The Hall–Kier alpha value is -3.91. The molecule has 0 saturated carbocycles. The Bertz CT molecular complexity index is 1900. The molecule has 20 heteroatoms. The molecule has 0 radical (unpaired) electrons. The zero-order chi connectivity index (χ0) is 40.0. The van der Waals surface area contributed by atoms with E-state index in [0.717, 1.165) is 0 Å². The van der Waals surface area contributed by atoms with E-state index in [1.54, 1.807) is 0 Å². The second-order valence-corrected chi connectivity index (χ2v) is 14.1. The molecule has 4 aromatic rings. The van der Waals surface area contributed by atoms with Crippen LogP contribution in [0.2, 0.25) is 0 Å². The van der Waals surface area contributed by atoms with Crippen LogP contribution >= 0.6 is 0 Å². The van der Waals surface area contributed by atoms with Gasteiger partial charge in [-0.05, 0) is 45.0 Å². The van der Waals surface area contributed by atoms with E-state index in [9.17, 15) is 78.8 Å². The summed E-state index contributed by atoms with van der Waals surface area (Å²) in [5, 5.41) is 0. The topological polar surface area (TPSA) is 57.2 Å². The minimum absolute atomic E-state index is 0.0460. The smallest absolute Gasteiger partial charge is 0.418 e. The molecule has 0 aliphatic heterocycles. The Labute approximate surface area is 288 Å². The highest BCUT2D eigenvalue weighted by Gasteiger charge is 2.61. The van der Waals surface area contributed by atoms with Crippen molar-refractivity contribution in [2.75, 3.05) is 0 Å². The quantitative estimate of drug-likeness (QED) is 0.117. The van der Waals surface area contributed by atoms with Crippen molar-refractivity contribution in [3.63, 3.8) is 0 Å². The van der Waals surface area contributed by atoms with E-state index in [2.05, 4.69) is 93.6 Å². The zero-order valence-corrected chi connectivity index (χ0v) is 27.8. The van der Waals surface area contributed by atoms with Gasteiger partial charge < -0.3 is 4.55 Å². The van der Waals surface area contributed by atoms with Gasteiger partial charge in [0.15, 0.2) is 14.7 Å². The molecular formula is C32H21F15O3S2. The molecule has 0 heterocycles. The average molecular weight is 803 g/mol. The summed E-state index contributed by atoms with van der Waals surface area (Å²) in [6, 6.07) is 26.3. The van der Waals surface area contributed by atoms with E-state index in [-0.39, 0.29) is 10.9 Å². The first-order valence-corrected chi connectivity index (χ1v) is 16.5. The normalized spacial score (nSPS) is 13.2. The summed E-state index contributed by atoms with van der Waals surface area (Å²) in [5.74, 6) is 0. The van der Waals surface area contributed by atoms with Gasteiger partial charge in [0.05, 0.1) is 43.6 Å². The van der Waals surface area contributed by atoms with Gasteiger partial charge in [0.1, 0.15) is 10.1 Å². The number of benzene rings is 4. The third kappa shape index (κ3) is 9.35. The summed E-state index contributed by atoms with van der Waals surface area (Å²) in [6.45, 7) is 6.65. The summed E-state index contributed by atoms with van der Waals surface area (Å²) < 4.78 is 228. The van der Waals surface area contributed by atoms with Crippen LogP contribution in [0, 0.1) is 20.8 Å². The number of halogens is 15. The Balaban J connectivity index is 0.000000292. The van der Waals surface area contributed by atoms with Crippen LogP contribution in [0.5, 0.6) is 0 Å². The molecule has 4 aromatic carbocycles. The van der Waals surface area contributed by atoms with Crippen molar-refractivity contribution >= 4 is 21.0 Å². The van der Waals surface area contributed by atoms with Crippen molar-refractivity contribution in [3.05, 3.63) is 117 Å². The number of hydrogen-bond donors (Lipinski definition) is 0. The second-order valence-electron chi connectivity index (χ2n) is 10.8. The number of alkyl halides is 15. The first-order valence-electron chi connectivity index (χ1n) is 13.9. The fourth-order valence-corrected chi connectivity index (χ4v) is 8.64. The standard InChI is InChI=1S/C21H21S.C11HF15O3S/c1-16-14-17(2)21(18(3)15-16)22(19-10-6-4-7-11-19)20-12-8-5-9-13-20;12-7(13,14)1-2(8(15,16)17)4(10(21,22)23)6(30(27,28)29)5(11(24,25)26)3(1)9(18,19)20/h4-15H,1-3H3;(H,27,28,29)/q+1;/p-1. The van der Waals surface area contributed by atoms with Crippen molar-refractivity contribution < 1.29 is 78.8 Å². The van der Waals surface area contributed by atoms with Crippen molar-refractivity contribution in [2.24, 2.45) is 0 Å². The summed E-state index contributed by atoms with van der Waals surface area (Å²) >= 11 is 0. The van der Waals surface area contributed by atoms with Crippen LogP contribution in [0.15, 0.2) is 92.4 Å². The summed E-state index contributed by atoms with van der Waals surface area (Å²) in [4.78, 5) is 0.0330. The van der Waals surface area contributed by atoms with Crippen LogP contribution in [0.3, 0.4) is 0 Å². The molecule has 52 heavy (non-hydrogen) atoms. The van der Waals surface area contributed by atoms with Gasteiger partial charge >= 0.3 is 30.9 Å². The molecule has 0 amide bonds. The maximum absolute atomic E-state index is 13.0. The molecule has 0 saturated heterocycles. The van der Waals surface area contributed by atoms with Gasteiger partial charge in [-0.1, -0.05) is 54.1 Å². The third-order valence-electron chi connectivity index (χ3n) is 6.89. The Morgan fingerprint density at radius 3 is 1.00 bits per heavy atom. The van der Waals surface area contributed by atoms with Gasteiger partial charge in [-0.2, -0.15) is 65.9 Å². The zero-order valence-electron chi connectivity index (χ0n) is 26.1.